The molecule has 0 saturated carbocycles. The van der Waals surface area contributed by atoms with Crippen molar-refractivity contribution in [1.82, 2.24) is 19.3 Å². The maximum absolute atomic E-state index is 14.8. The smallest absolute Gasteiger partial charge is 0.304 e. The highest BCUT2D eigenvalue weighted by atomic mass is 32.2. The van der Waals surface area contributed by atoms with E-state index in [0.717, 1.165) is 24.5 Å². The molecule has 4 aromatic rings. The highest BCUT2D eigenvalue weighted by molar-refractivity contribution is 7.89. The Bertz CT molecular complexity index is 1620. The second-order valence-corrected chi connectivity index (χ2v) is 9.59. The van der Waals surface area contributed by atoms with Gasteiger partial charge in [0, 0.05) is 17.8 Å². The van der Waals surface area contributed by atoms with Gasteiger partial charge in [0.05, 0.1) is 34.4 Å². The molecule has 7 nitrogen and oxygen atoms in total. The van der Waals surface area contributed by atoms with Crippen molar-refractivity contribution in [2.24, 2.45) is 0 Å². The van der Waals surface area contributed by atoms with Gasteiger partial charge >= 0.3 is 6.18 Å². The predicted octanol–water partition coefficient (Wildman–Crippen LogP) is 4.77. The van der Waals surface area contributed by atoms with E-state index < -0.39 is 38.8 Å². The summed E-state index contributed by atoms with van der Waals surface area (Å²) in [6, 6.07) is 5.68. The van der Waals surface area contributed by atoms with E-state index >= 15 is 0 Å². The molecule has 0 amide bonds. The Morgan fingerprint density at radius 3 is 2.42 bits per heavy atom. The lowest BCUT2D eigenvalue weighted by atomic mass is 10.1. The number of rotatable bonds is 5. The molecular formula is C23H16F5N5O2S. The number of nitriles is 1. The van der Waals surface area contributed by atoms with E-state index in [1.54, 1.807) is 0 Å². The van der Waals surface area contributed by atoms with Crippen molar-refractivity contribution in [3.63, 3.8) is 0 Å². The Balaban J connectivity index is 1.93. The molecule has 1 N–H and O–H groups in total. The molecule has 1 atom stereocenters. The second-order valence-electron chi connectivity index (χ2n) is 7.88. The van der Waals surface area contributed by atoms with Crippen LogP contribution < -0.4 is 4.72 Å². The summed E-state index contributed by atoms with van der Waals surface area (Å²) in [7, 11) is -4.58. The molecule has 0 radical (unpaired) electrons. The van der Waals surface area contributed by atoms with Crippen LogP contribution in [0.5, 0.6) is 0 Å². The Labute approximate surface area is 201 Å². The third kappa shape index (κ3) is 4.40. The lowest BCUT2D eigenvalue weighted by Crippen LogP contribution is -2.42. The van der Waals surface area contributed by atoms with Gasteiger partial charge in [0.1, 0.15) is 22.8 Å². The van der Waals surface area contributed by atoms with Gasteiger partial charge in [-0.25, -0.2) is 17.2 Å². The lowest BCUT2D eigenvalue weighted by Gasteiger charge is -2.17. The van der Waals surface area contributed by atoms with Crippen LogP contribution in [0.4, 0.5) is 22.0 Å². The molecule has 4 rings (SSSR count). The fraction of sp³-hybridized carbons (Fsp3) is 0.174. The Kier molecular flexibility index (Phi) is 6.27. The highest BCUT2D eigenvalue weighted by Crippen LogP contribution is 2.37. The van der Waals surface area contributed by atoms with Crippen molar-refractivity contribution >= 4 is 20.9 Å². The minimum absolute atomic E-state index is 0.000145. The van der Waals surface area contributed by atoms with Crippen LogP contribution in [0.1, 0.15) is 18.1 Å². The maximum Gasteiger partial charge on any atom is 0.404 e. The first-order valence-corrected chi connectivity index (χ1v) is 11.7. The number of nitrogens with zero attached hydrogens (tertiary/aromatic N) is 4. The summed E-state index contributed by atoms with van der Waals surface area (Å²) in [5, 5.41) is 10.1. The standard InChI is InChI=1S/C23H16F5N5O2S/c1-12-7-21-15(8-17(12)24)16(9-29)22(33(21)20-5-6-30-11-18(20)25)19-4-3-14(10-31-19)36(34,35)32-13(2)23(26,27)28/h3-8,10-11,13,32H,1-2H3/t13-/m0/s1. The first-order chi connectivity index (χ1) is 16.8. The number of sulfonamides is 1. The highest BCUT2D eigenvalue weighted by Gasteiger charge is 2.39. The van der Waals surface area contributed by atoms with Crippen molar-refractivity contribution in [2.75, 3.05) is 0 Å². The number of aromatic nitrogens is 3. The molecule has 0 aliphatic rings. The van der Waals surface area contributed by atoms with Crippen LogP contribution in [0.3, 0.4) is 0 Å². The van der Waals surface area contributed by atoms with Gasteiger partial charge in [0.25, 0.3) is 0 Å². The van der Waals surface area contributed by atoms with Crippen LogP contribution in [0.15, 0.2) is 53.8 Å². The molecule has 0 bridgehead atoms. The molecule has 0 unspecified atom stereocenters. The number of halogens is 5. The van der Waals surface area contributed by atoms with Crippen molar-refractivity contribution < 1.29 is 30.4 Å². The lowest BCUT2D eigenvalue weighted by molar-refractivity contribution is -0.147. The van der Waals surface area contributed by atoms with Crippen molar-refractivity contribution in [3.05, 3.63) is 71.7 Å². The van der Waals surface area contributed by atoms with Gasteiger partial charge in [0.2, 0.25) is 10.0 Å². The maximum atomic E-state index is 14.8. The SMILES string of the molecule is Cc1cc2c(cc1F)c(C#N)c(-c1ccc(S(=O)(=O)N[C@@H](C)C(F)(F)F)cn1)n2-c1ccncc1F. The van der Waals surface area contributed by atoms with Gasteiger partial charge in [-0.15, -0.1) is 0 Å². The van der Waals surface area contributed by atoms with E-state index in [1.165, 1.54) is 40.6 Å². The van der Waals surface area contributed by atoms with E-state index in [4.69, 9.17) is 0 Å². The van der Waals surface area contributed by atoms with Gasteiger partial charge in [-0.1, -0.05) is 0 Å². The van der Waals surface area contributed by atoms with Crippen LogP contribution in [0, 0.1) is 29.9 Å². The first-order valence-electron chi connectivity index (χ1n) is 10.2. The van der Waals surface area contributed by atoms with Gasteiger partial charge in [0.15, 0.2) is 5.82 Å². The topological polar surface area (TPSA) is 101 Å². The summed E-state index contributed by atoms with van der Waals surface area (Å²) in [6.07, 6.45) is -1.72. The van der Waals surface area contributed by atoms with Crippen molar-refractivity contribution in [1.29, 1.82) is 5.26 Å². The molecule has 3 aromatic heterocycles. The van der Waals surface area contributed by atoms with Gasteiger partial charge < -0.3 is 4.57 Å². The molecule has 186 valence electrons. The summed E-state index contributed by atoms with van der Waals surface area (Å²) in [6.45, 7) is 2.15. The molecule has 36 heavy (non-hydrogen) atoms. The molecule has 13 heteroatoms. The monoisotopic (exact) mass is 521 g/mol. The van der Waals surface area contributed by atoms with Crippen LogP contribution in [-0.2, 0) is 10.0 Å². The minimum Gasteiger partial charge on any atom is -0.304 e. The number of nitrogens with one attached hydrogen (secondary N) is 1. The number of pyridine rings is 2. The number of alkyl halides is 3. The third-order valence-corrected chi connectivity index (χ3v) is 6.99. The van der Waals surface area contributed by atoms with E-state index in [2.05, 4.69) is 9.97 Å². The van der Waals surface area contributed by atoms with Crippen LogP contribution >= 0.6 is 0 Å². The summed E-state index contributed by atoms with van der Waals surface area (Å²) < 4.78 is 95.3. The number of hydrogen-bond donors (Lipinski definition) is 1. The third-order valence-electron chi connectivity index (χ3n) is 5.46. The second kappa shape index (κ2) is 8.96. The molecular weight excluding hydrogens is 505 g/mol. The molecule has 0 fully saturated rings. The Hall–Kier alpha value is -3.89. The van der Waals surface area contributed by atoms with E-state index in [9.17, 15) is 35.6 Å². The van der Waals surface area contributed by atoms with Gasteiger partial charge in [-0.3, -0.25) is 9.97 Å². The molecule has 0 saturated heterocycles. The zero-order valence-corrected chi connectivity index (χ0v) is 19.4. The average Bonchev–Trinajstić information content (AvgIpc) is 3.11. The zero-order valence-electron chi connectivity index (χ0n) is 18.6. The summed E-state index contributed by atoms with van der Waals surface area (Å²) in [5.74, 6) is -1.36. The molecule has 1 aromatic carbocycles. The Morgan fingerprint density at radius 2 is 1.83 bits per heavy atom. The van der Waals surface area contributed by atoms with Crippen molar-refractivity contribution in [2.45, 2.75) is 31.0 Å². The Morgan fingerprint density at radius 1 is 1.11 bits per heavy atom. The van der Waals surface area contributed by atoms with Crippen molar-refractivity contribution in [3.8, 4) is 23.1 Å². The average molecular weight is 521 g/mol. The minimum atomic E-state index is -4.80. The quantitative estimate of drug-likeness (QED) is 0.381. The van der Waals surface area contributed by atoms with E-state index in [1.807, 2.05) is 6.07 Å². The molecule has 0 spiro atoms. The number of hydrogen-bond acceptors (Lipinski definition) is 5. The molecule has 0 aliphatic carbocycles. The number of fused-ring (bicyclic) bond motifs is 1. The zero-order chi connectivity index (χ0) is 26.4. The molecule has 3 heterocycles. The summed E-state index contributed by atoms with van der Waals surface area (Å²) in [5.41, 5.74) is 0.447. The number of benzene rings is 1. The molecule has 0 aliphatic heterocycles. The normalized spacial score (nSPS) is 13.1. The fourth-order valence-electron chi connectivity index (χ4n) is 3.61. The predicted molar refractivity (Wildman–Crippen MR) is 120 cm³/mol. The largest absolute Gasteiger partial charge is 0.404 e. The number of aryl methyl sites for hydroxylation is 1. The summed E-state index contributed by atoms with van der Waals surface area (Å²) >= 11 is 0. The fourth-order valence-corrected chi connectivity index (χ4v) is 4.79. The first kappa shape index (κ1) is 25.2. The van der Waals surface area contributed by atoms with Crippen LogP contribution in [0.2, 0.25) is 0 Å². The van der Waals surface area contributed by atoms with Crippen LogP contribution in [-0.4, -0.2) is 35.2 Å². The van der Waals surface area contributed by atoms with E-state index in [0.29, 0.717) is 6.92 Å². The van der Waals surface area contributed by atoms with Crippen LogP contribution in [0.25, 0.3) is 28.0 Å². The summed E-state index contributed by atoms with van der Waals surface area (Å²) in [4.78, 5) is 7.20. The van der Waals surface area contributed by atoms with Gasteiger partial charge in [-0.2, -0.15) is 23.2 Å². The van der Waals surface area contributed by atoms with Gasteiger partial charge in [-0.05, 0) is 49.7 Å². The van der Waals surface area contributed by atoms with E-state index in [-0.39, 0.29) is 39.1 Å².